The molecule has 11 heteroatoms. The SMILES string of the molecule is NC(N)=NC(=O)c1cnn(-c2c(Cl)cc(Cl)cc2C(F)(F)F)c1C1CC1. The van der Waals surface area contributed by atoms with Gasteiger partial charge < -0.3 is 11.5 Å². The number of halogens is 5. The van der Waals surface area contributed by atoms with E-state index in [1.165, 1.54) is 6.07 Å². The normalized spacial score (nSPS) is 14.3. The van der Waals surface area contributed by atoms with Gasteiger partial charge in [0.15, 0.2) is 5.96 Å². The highest BCUT2D eigenvalue weighted by Crippen LogP contribution is 2.45. The standard InChI is InChI=1S/C15H12Cl2F3N5O/c16-7-3-9(15(18,19)20)12(10(17)4-7)25-11(6-1-2-6)8(5-23-25)13(26)24-14(21)22/h3-6H,1-2H2,(H4,21,22,24,26). The molecule has 6 nitrogen and oxygen atoms in total. The molecule has 26 heavy (non-hydrogen) atoms. The third-order valence-corrected chi connectivity index (χ3v) is 4.28. The lowest BCUT2D eigenvalue weighted by Gasteiger charge is -2.17. The monoisotopic (exact) mass is 405 g/mol. The van der Waals surface area contributed by atoms with Gasteiger partial charge in [-0.15, -0.1) is 0 Å². The Hall–Kier alpha value is -2.26. The van der Waals surface area contributed by atoms with Crippen LogP contribution in [0, 0.1) is 0 Å². The van der Waals surface area contributed by atoms with Gasteiger partial charge >= 0.3 is 6.18 Å². The second-order valence-electron chi connectivity index (χ2n) is 5.75. The number of benzene rings is 1. The fourth-order valence-electron chi connectivity index (χ4n) is 2.63. The maximum Gasteiger partial charge on any atom is 0.418 e. The lowest BCUT2D eigenvalue weighted by atomic mass is 10.1. The molecule has 0 atom stereocenters. The number of carbonyl (C=O) groups is 1. The van der Waals surface area contributed by atoms with Crippen molar-refractivity contribution in [2.75, 3.05) is 0 Å². The van der Waals surface area contributed by atoms with Gasteiger partial charge in [-0.2, -0.15) is 23.3 Å². The van der Waals surface area contributed by atoms with Crippen LogP contribution >= 0.6 is 23.2 Å². The van der Waals surface area contributed by atoms with Crippen LogP contribution in [0.15, 0.2) is 23.3 Å². The molecule has 4 N–H and O–H groups in total. The molecule has 3 rings (SSSR count). The zero-order valence-electron chi connectivity index (χ0n) is 13.0. The second kappa shape index (κ2) is 6.48. The highest BCUT2D eigenvalue weighted by molar-refractivity contribution is 6.36. The number of nitrogens with two attached hydrogens (primary N) is 2. The molecule has 0 aliphatic heterocycles. The molecular weight excluding hydrogens is 394 g/mol. The van der Waals surface area contributed by atoms with Crippen LogP contribution < -0.4 is 11.5 Å². The number of aliphatic imine (C=N–C) groups is 1. The van der Waals surface area contributed by atoms with Crippen molar-refractivity contribution in [2.24, 2.45) is 16.5 Å². The summed E-state index contributed by atoms with van der Waals surface area (Å²) < 4.78 is 41.5. The highest BCUT2D eigenvalue weighted by atomic mass is 35.5. The van der Waals surface area contributed by atoms with E-state index < -0.39 is 29.3 Å². The van der Waals surface area contributed by atoms with E-state index in [1.54, 1.807) is 0 Å². The summed E-state index contributed by atoms with van der Waals surface area (Å²) in [7, 11) is 0. The van der Waals surface area contributed by atoms with Crippen molar-refractivity contribution in [2.45, 2.75) is 24.9 Å². The second-order valence-corrected chi connectivity index (χ2v) is 6.60. The Morgan fingerprint density at radius 1 is 1.27 bits per heavy atom. The number of carbonyl (C=O) groups excluding carboxylic acids is 1. The van der Waals surface area contributed by atoms with Gasteiger partial charge in [0, 0.05) is 10.9 Å². The molecule has 1 aromatic heterocycles. The predicted molar refractivity (Wildman–Crippen MR) is 90.7 cm³/mol. The third-order valence-electron chi connectivity index (χ3n) is 3.78. The molecule has 138 valence electrons. The van der Waals surface area contributed by atoms with E-state index in [0.29, 0.717) is 12.8 Å². The van der Waals surface area contributed by atoms with Gasteiger partial charge in [-0.1, -0.05) is 23.2 Å². The first kappa shape index (κ1) is 18.5. The summed E-state index contributed by atoms with van der Waals surface area (Å²) in [6, 6.07) is 1.95. The number of aromatic nitrogens is 2. The maximum atomic E-state index is 13.5. The van der Waals surface area contributed by atoms with Crippen LogP contribution in [0.5, 0.6) is 0 Å². The number of amides is 1. The first-order chi connectivity index (χ1) is 12.1. The molecule has 0 radical (unpaired) electrons. The third kappa shape index (κ3) is 3.49. The Morgan fingerprint density at radius 3 is 2.46 bits per heavy atom. The van der Waals surface area contributed by atoms with E-state index in [1.807, 2.05) is 0 Å². The minimum atomic E-state index is -4.72. The number of guanidine groups is 1. The van der Waals surface area contributed by atoms with Gasteiger partial charge in [0.25, 0.3) is 5.91 Å². The van der Waals surface area contributed by atoms with Gasteiger partial charge in [0.1, 0.15) is 0 Å². The molecule has 1 amide bonds. The average Bonchev–Trinajstić information content (AvgIpc) is 3.24. The molecular formula is C15H12Cl2F3N5O. The van der Waals surface area contributed by atoms with Crippen molar-refractivity contribution >= 4 is 35.1 Å². The van der Waals surface area contributed by atoms with E-state index >= 15 is 0 Å². The molecule has 0 unspecified atom stereocenters. The zero-order chi connectivity index (χ0) is 19.2. The van der Waals surface area contributed by atoms with Gasteiger partial charge in [0.05, 0.1) is 33.7 Å². The lowest BCUT2D eigenvalue weighted by Crippen LogP contribution is -2.24. The van der Waals surface area contributed by atoms with Crippen molar-refractivity contribution in [3.8, 4) is 5.69 Å². The van der Waals surface area contributed by atoms with Crippen LogP contribution in [-0.2, 0) is 6.18 Å². The number of rotatable bonds is 3. The topological polar surface area (TPSA) is 99.3 Å². The molecule has 2 aromatic rings. The number of nitrogens with zero attached hydrogens (tertiary/aromatic N) is 3. The number of alkyl halides is 3. The van der Waals surface area contributed by atoms with Crippen molar-refractivity contribution in [1.29, 1.82) is 0 Å². The smallest absolute Gasteiger partial charge is 0.370 e. The van der Waals surface area contributed by atoms with Crippen molar-refractivity contribution in [3.63, 3.8) is 0 Å². The summed E-state index contributed by atoms with van der Waals surface area (Å²) in [4.78, 5) is 15.6. The summed E-state index contributed by atoms with van der Waals surface area (Å²) in [5.41, 5.74) is 9.28. The van der Waals surface area contributed by atoms with Crippen LogP contribution in [0.25, 0.3) is 5.69 Å². The molecule has 1 heterocycles. The highest BCUT2D eigenvalue weighted by Gasteiger charge is 2.39. The first-order valence-electron chi connectivity index (χ1n) is 7.38. The van der Waals surface area contributed by atoms with Crippen LogP contribution in [0.4, 0.5) is 13.2 Å². The maximum absolute atomic E-state index is 13.5. The summed E-state index contributed by atoms with van der Waals surface area (Å²) in [5.74, 6) is -1.37. The van der Waals surface area contributed by atoms with Crippen molar-refractivity contribution in [1.82, 2.24) is 9.78 Å². The van der Waals surface area contributed by atoms with E-state index in [2.05, 4.69) is 10.1 Å². The summed E-state index contributed by atoms with van der Waals surface area (Å²) in [5, 5.41) is 3.55. The summed E-state index contributed by atoms with van der Waals surface area (Å²) >= 11 is 11.8. The van der Waals surface area contributed by atoms with E-state index in [0.717, 1.165) is 16.9 Å². The van der Waals surface area contributed by atoms with E-state index in [4.69, 9.17) is 34.7 Å². The van der Waals surface area contributed by atoms with Crippen LogP contribution in [0.2, 0.25) is 10.0 Å². The van der Waals surface area contributed by atoms with Crippen LogP contribution in [-0.4, -0.2) is 21.6 Å². The number of hydrogen-bond acceptors (Lipinski definition) is 2. The summed E-state index contributed by atoms with van der Waals surface area (Å²) in [6.07, 6.45) is -2.20. The largest absolute Gasteiger partial charge is 0.418 e. The van der Waals surface area contributed by atoms with E-state index in [9.17, 15) is 18.0 Å². The fourth-order valence-corrected chi connectivity index (χ4v) is 3.20. The minimum Gasteiger partial charge on any atom is -0.370 e. The first-order valence-corrected chi connectivity index (χ1v) is 8.13. The van der Waals surface area contributed by atoms with Crippen LogP contribution in [0.3, 0.4) is 0 Å². The van der Waals surface area contributed by atoms with Crippen LogP contribution in [0.1, 0.15) is 40.4 Å². The summed E-state index contributed by atoms with van der Waals surface area (Å²) in [6.45, 7) is 0. The van der Waals surface area contributed by atoms with Gasteiger partial charge in [-0.3, -0.25) is 4.79 Å². The Balaban J connectivity index is 2.25. The molecule has 1 aromatic carbocycles. The Kier molecular flexibility index (Phi) is 4.61. The zero-order valence-corrected chi connectivity index (χ0v) is 14.5. The Labute approximate surface area is 155 Å². The number of hydrogen-bond donors (Lipinski definition) is 2. The molecule has 1 aliphatic carbocycles. The van der Waals surface area contributed by atoms with Gasteiger partial charge in [-0.05, 0) is 25.0 Å². The fraction of sp³-hybridized carbons (Fsp3) is 0.267. The lowest BCUT2D eigenvalue weighted by molar-refractivity contribution is -0.137. The average molecular weight is 406 g/mol. The Morgan fingerprint density at radius 2 is 1.92 bits per heavy atom. The molecule has 0 spiro atoms. The van der Waals surface area contributed by atoms with Crippen molar-refractivity contribution < 1.29 is 18.0 Å². The molecule has 1 saturated carbocycles. The molecule has 1 fully saturated rings. The predicted octanol–water partition coefficient (Wildman–Crippen LogP) is 3.49. The molecule has 1 aliphatic rings. The Bertz CT molecular complexity index is 915. The minimum absolute atomic E-state index is 0.0278. The molecule has 0 bridgehead atoms. The van der Waals surface area contributed by atoms with E-state index in [-0.39, 0.29) is 27.2 Å². The molecule has 0 saturated heterocycles. The van der Waals surface area contributed by atoms with Gasteiger partial charge in [-0.25, -0.2) is 4.68 Å². The van der Waals surface area contributed by atoms with Gasteiger partial charge in [0.2, 0.25) is 0 Å². The quantitative estimate of drug-likeness (QED) is 0.602. The van der Waals surface area contributed by atoms with Crippen molar-refractivity contribution in [3.05, 3.63) is 45.2 Å².